The number of nitrogens with zero attached hydrogens (tertiary/aromatic N) is 1. The number of aromatic nitrogens is 1. The zero-order chi connectivity index (χ0) is 16.9. The second kappa shape index (κ2) is 6.96. The smallest absolute Gasteiger partial charge is 0.251 e. The molecule has 24 heavy (non-hydrogen) atoms. The third kappa shape index (κ3) is 3.60. The summed E-state index contributed by atoms with van der Waals surface area (Å²) >= 11 is 0. The minimum Gasteiger partial charge on any atom is -0.618 e. The van der Waals surface area contributed by atoms with E-state index < -0.39 is 0 Å². The Bertz CT molecular complexity index is 875. The molecular weight excluding hydrogens is 300 g/mol. The molecule has 0 aliphatic carbocycles. The van der Waals surface area contributed by atoms with Gasteiger partial charge in [0.15, 0.2) is 6.20 Å². The Kier molecular flexibility index (Phi) is 4.57. The van der Waals surface area contributed by atoms with Gasteiger partial charge in [-0.1, -0.05) is 42.0 Å². The van der Waals surface area contributed by atoms with Crippen LogP contribution in [0.5, 0.6) is 0 Å². The molecule has 0 bridgehead atoms. The van der Waals surface area contributed by atoms with Gasteiger partial charge in [-0.15, -0.1) is 0 Å². The maximum atomic E-state index is 12.4. The van der Waals surface area contributed by atoms with Crippen LogP contribution >= 0.6 is 0 Å². The summed E-state index contributed by atoms with van der Waals surface area (Å²) in [5.41, 5.74) is 4.31. The SMILES string of the molecule is Cc1cccc(-c2cccc(C(=O)NCc3cccc[n+]3[O-])c2)c1. The highest BCUT2D eigenvalue weighted by Gasteiger charge is 2.10. The molecular formula is C20H18N2O2. The lowest BCUT2D eigenvalue weighted by Crippen LogP contribution is -2.35. The van der Waals surface area contributed by atoms with Crippen LogP contribution in [0.25, 0.3) is 11.1 Å². The van der Waals surface area contributed by atoms with Gasteiger partial charge in [0.25, 0.3) is 5.91 Å². The Morgan fingerprint density at radius 3 is 2.50 bits per heavy atom. The number of hydrogen-bond acceptors (Lipinski definition) is 2. The Labute approximate surface area is 141 Å². The van der Waals surface area contributed by atoms with Gasteiger partial charge in [-0.25, -0.2) is 0 Å². The first-order valence-corrected chi connectivity index (χ1v) is 7.76. The highest BCUT2D eigenvalue weighted by molar-refractivity contribution is 5.95. The molecule has 4 heteroatoms. The molecule has 120 valence electrons. The van der Waals surface area contributed by atoms with Crippen molar-refractivity contribution in [3.8, 4) is 11.1 Å². The van der Waals surface area contributed by atoms with Crippen LogP contribution in [-0.2, 0) is 6.54 Å². The van der Waals surface area contributed by atoms with Crippen LogP contribution in [0, 0.1) is 12.1 Å². The zero-order valence-corrected chi connectivity index (χ0v) is 13.4. The topological polar surface area (TPSA) is 56.0 Å². The van der Waals surface area contributed by atoms with E-state index in [0.29, 0.717) is 11.3 Å². The van der Waals surface area contributed by atoms with Crippen LogP contribution < -0.4 is 10.0 Å². The van der Waals surface area contributed by atoms with Crippen LogP contribution in [0.3, 0.4) is 0 Å². The summed E-state index contributed by atoms with van der Waals surface area (Å²) in [6.07, 6.45) is 1.42. The standard InChI is InChI=1S/C20H18N2O2/c1-15-6-4-7-16(12-15)17-8-5-9-18(13-17)20(23)21-14-19-10-2-3-11-22(19)24/h2-13H,14H2,1H3,(H,21,23). The number of nitrogens with one attached hydrogen (secondary N) is 1. The Balaban J connectivity index is 1.76. The van der Waals surface area contributed by atoms with E-state index in [1.807, 2.05) is 43.3 Å². The predicted molar refractivity (Wildman–Crippen MR) is 93.2 cm³/mol. The van der Waals surface area contributed by atoms with E-state index in [-0.39, 0.29) is 12.5 Å². The second-order valence-electron chi connectivity index (χ2n) is 5.65. The quantitative estimate of drug-likeness (QED) is 0.593. The summed E-state index contributed by atoms with van der Waals surface area (Å²) < 4.78 is 0.753. The largest absolute Gasteiger partial charge is 0.618 e. The maximum absolute atomic E-state index is 12.4. The van der Waals surface area contributed by atoms with Gasteiger partial charge in [0, 0.05) is 17.7 Å². The fourth-order valence-electron chi connectivity index (χ4n) is 2.54. The molecule has 1 amide bonds. The predicted octanol–water partition coefficient (Wildman–Crippen LogP) is 3.23. The van der Waals surface area contributed by atoms with Crippen LogP contribution in [0.15, 0.2) is 72.9 Å². The maximum Gasteiger partial charge on any atom is 0.251 e. The summed E-state index contributed by atoms with van der Waals surface area (Å²) in [6, 6.07) is 20.7. The number of carbonyl (C=O) groups excluding carboxylic acids is 1. The number of benzene rings is 2. The van der Waals surface area contributed by atoms with Crippen molar-refractivity contribution in [2.24, 2.45) is 0 Å². The molecule has 1 N–H and O–H groups in total. The number of carbonyl (C=O) groups is 1. The first kappa shape index (κ1) is 15.7. The summed E-state index contributed by atoms with van der Waals surface area (Å²) in [6.45, 7) is 2.23. The summed E-state index contributed by atoms with van der Waals surface area (Å²) in [5, 5.41) is 14.4. The fraction of sp³-hybridized carbons (Fsp3) is 0.100. The number of pyridine rings is 1. The molecule has 0 unspecified atom stereocenters. The van der Waals surface area contributed by atoms with Crippen molar-refractivity contribution in [1.29, 1.82) is 0 Å². The molecule has 0 saturated heterocycles. The molecule has 0 atom stereocenters. The van der Waals surface area contributed by atoms with Gasteiger partial charge in [0.05, 0.1) is 0 Å². The minimum atomic E-state index is -0.201. The Hall–Kier alpha value is -3.14. The molecule has 1 aromatic heterocycles. The van der Waals surface area contributed by atoms with E-state index in [9.17, 15) is 10.0 Å². The van der Waals surface area contributed by atoms with Crippen LogP contribution in [0.1, 0.15) is 21.6 Å². The molecule has 4 nitrogen and oxygen atoms in total. The second-order valence-corrected chi connectivity index (χ2v) is 5.65. The molecule has 0 radical (unpaired) electrons. The van der Waals surface area contributed by atoms with E-state index in [4.69, 9.17) is 0 Å². The van der Waals surface area contributed by atoms with Crippen LogP contribution in [-0.4, -0.2) is 5.91 Å². The van der Waals surface area contributed by atoms with Crippen LogP contribution in [0.4, 0.5) is 0 Å². The molecule has 2 aromatic carbocycles. The molecule has 0 fully saturated rings. The van der Waals surface area contributed by atoms with Crippen molar-refractivity contribution in [3.63, 3.8) is 0 Å². The van der Waals surface area contributed by atoms with E-state index in [2.05, 4.69) is 11.4 Å². The zero-order valence-electron chi connectivity index (χ0n) is 13.4. The van der Waals surface area contributed by atoms with Crippen molar-refractivity contribution < 1.29 is 9.52 Å². The first-order valence-electron chi connectivity index (χ1n) is 7.76. The van der Waals surface area contributed by atoms with E-state index in [0.717, 1.165) is 15.9 Å². The normalized spacial score (nSPS) is 10.4. The number of rotatable bonds is 4. The molecule has 1 heterocycles. The molecule has 0 aliphatic rings. The summed E-state index contributed by atoms with van der Waals surface area (Å²) in [7, 11) is 0. The van der Waals surface area contributed by atoms with Crippen LogP contribution in [0.2, 0.25) is 0 Å². The third-order valence-electron chi connectivity index (χ3n) is 3.81. The van der Waals surface area contributed by atoms with E-state index >= 15 is 0 Å². The van der Waals surface area contributed by atoms with Gasteiger partial charge in [-0.3, -0.25) is 4.79 Å². The van der Waals surface area contributed by atoms with Gasteiger partial charge in [0.2, 0.25) is 5.69 Å². The Morgan fingerprint density at radius 2 is 1.75 bits per heavy atom. The molecule has 0 spiro atoms. The lowest BCUT2D eigenvalue weighted by atomic mass is 10.0. The van der Waals surface area contributed by atoms with Crippen molar-refractivity contribution in [3.05, 3.63) is 95.0 Å². The molecule has 0 aliphatic heterocycles. The van der Waals surface area contributed by atoms with E-state index in [1.54, 1.807) is 24.3 Å². The van der Waals surface area contributed by atoms with Crippen molar-refractivity contribution in [2.45, 2.75) is 13.5 Å². The van der Waals surface area contributed by atoms with Gasteiger partial charge in [-0.05, 0) is 36.2 Å². The van der Waals surface area contributed by atoms with Gasteiger partial charge >= 0.3 is 0 Å². The Morgan fingerprint density at radius 1 is 1.00 bits per heavy atom. The van der Waals surface area contributed by atoms with E-state index in [1.165, 1.54) is 11.8 Å². The average molecular weight is 318 g/mol. The first-order chi connectivity index (χ1) is 11.6. The van der Waals surface area contributed by atoms with Gasteiger partial charge in [0.1, 0.15) is 6.54 Å². The molecule has 3 aromatic rings. The third-order valence-corrected chi connectivity index (χ3v) is 3.81. The summed E-state index contributed by atoms with van der Waals surface area (Å²) in [5.74, 6) is -0.201. The lowest BCUT2D eigenvalue weighted by Gasteiger charge is -2.08. The highest BCUT2D eigenvalue weighted by Crippen LogP contribution is 2.21. The van der Waals surface area contributed by atoms with Crippen molar-refractivity contribution in [1.82, 2.24) is 5.32 Å². The number of amides is 1. The number of aryl methyl sites for hydroxylation is 1. The molecule has 0 saturated carbocycles. The van der Waals surface area contributed by atoms with Crippen molar-refractivity contribution in [2.75, 3.05) is 0 Å². The summed E-state index contributed by atoms with van der Waals surface area (Å²) in [4.78, 5) is 12.4. The number of hydrogen-bond donors (Lipinski definition) is 1. The fourth-order valence-corrected chi connectivity index (χ4v) is 2.54. The highest BCUT2D eigenvalue weighted by atomic mass is 16.5. The average Bonchev–Trinajstić information content (AvgIpc) is 2.61. The minimum absolute atomic E-state index is 0.192. The van der Waals surface area contributed by atoms with Gasteiger partial charge < -0.3 is 10.5 Å². The van der Waals surface area contributed by atoms with Gasteiger partial charge in [-0.2, -0.15) is 4.73 Å². The lowest BCUT2D eigenvalue weighted by molar-refractivity contribution is -0.614. The molecule has 3 rings (SSSR count). The monoisotopic (exact) mass is 318 g/mol. The van der Waals surface area contributed by atoms with Crippen molar-refractivity contribution >= 4 is 5.91 Å².